The van der Waals surface area contributed by atoms with Crippen LogP contribution in [0.15, 0.2) is 12.1 Å². The van der Waals surface area contributed by atoms with Gasteiger partial charge in [0.05, 0.1) is 11.6 Å². The summed E-state index contributed by atoms with van der Waals surface area (Å²) in [7, 11) is 0. The smallest absolute Gasteiger partial charge is 0.227 e. The fourth-order valence-corrected chi connectivity index (χ4v) is 3.04. The number of carbonyl (C=O) groups excluding carboxylic acids is 2. The summed E-state index contributed by atoms with van der Waals surface area (Å²) in [5.41, 5.74) is 4.00. The van der Waals surface area contributed by atoms with E-state index in [2.05, 4.69) is 0 Å². The van der Waals surface area contributed by atoms with E-state index in [0.717, 1.165) is 42.6 Å². The lowest BCUT2D eigenvalue weighted by Crippen LogP contribution is -2.27. The van der Waals surface area contributed by atoms with Crippen molar-refractivity contribution < 1.29 is 9.59 Å². The Morgan fingerprint density at radius 3 is 2.67 bits per heavy atom. The average Bonchev–Trinajstić information content (AvgIpc) is 2.74. The average molecular weight is 264 g/mol. The SMILES string of the molecule is O=C(CCl)c1cc2c3c(c1)CCN3C(=O)CCC2. The second kappa shape index (κ2) is 4.39. The molecule has 0 saturated carbocycles. The largest absolute Gasteiger partial charge is 0.312 e. The maximum Gasteiger partial charge on any atom is 0.227 e. The molecule has 1 aromatic carbocycles. The van der Waals surface area contributed by atoms with Crippen molar-refractivity contribution in [3.63, 3.8) is 0 Å². The van der Waals surface area contributed by atoms with Crippen molar-refractivity contribution in [3.8, 4) is 0 Å². The third-order valence-corrected chi connectivity index (χ3v) is 3.97. The number of ketones is 1. The monoisotopic (exact) mass is 263 g/mol. The van der Waals surface area contributed by atoms with E-state index in [-0.39, 0.29) is 17.6 Å². The van der Waals surface area contributed by atoms with E-state index in [4.69, 9.17) is 11.6 Å². The highest BCUT2D eigenvalue weighted by Gasteiger charge is 2.30. The molecule has 3 nitrogen and oxygen atoms in total. The Bertz CT molecular complexity index is 539. The van der Waals surface area contributed by atoms with E-state index in [1.807, 2.05) is 17.0 Å². The Morgan fingerprint density at radius 1 is 1.22 bits per heavy atom. The molecule has 0 unspecified atom stereocenters. The second-order valence-electron chi connectivity index (χ2n) is 4.85. The fraction of sp³-hybridized carbons (Fsp3) is 0.429. The molecule has 3 rings (SSSR count). The molecule has 2 aliphatic heterocycles. The molecular weight excluding hydrogens is 250 g/mol. The first kappa shape index (κ1) is 11.7. The highest BCUT2D eigenvalue weighted by Crippen LogP contribution is 2.36. The molecule has 18 heavy (non-hydrogen) atoms. The number of hydrogen-bond donors (Lipinski definition) is 0. The first-order chi connectivity index (χ1) is 8.70. The number of amides is 1. The van der Waals surface area contributed by atoms with Crippen molar-refractivity contribution in [3.05, 3.63) is 28.8 Å². The summed E-state index contributed by atoms with van der Waals surface area (Å²) < 4.78 is 0. The quantitative estimate of drug-likeness (QED) is 0.607. The third-order valence-electron chi connectivity index (χ3n) is 3.72. The Labute approximate surface area is 111 Å². The molecule has 0 radical (unpaired) electrons. The summed E-state index contributed by atoms with van der Waals surface area (Å²) in [6, 6.07) is 3.82. The predicted octanol–water partition coefficient (Wildman–Crippen LogP) is 2.33. The minimum absolute atomic E-state index is 0.0148. The summed E-state index contributed by atoms with van der Waals surface area (Å²) in [6.45, 7) is 0.750. The van der Waals surface area contributed by atoms with Crippen LogP contribution in [0.3, 0.4) is 0 Å². The van der Waals surface area contributed by atoms with Crippen LogP contribution in [0.5, 0.6) is 0 Å². The minimum Gasteiger partial charge on any atom is -0.312 e. The van der Waals surface area contributed by atoms with Crippen molar-refractivity contribution in [2.75, 3.05) is 17.3 Å². The van der Waals surface area contributed by atoms with Gasteiger partial charge in [0, 0.05) is 18.5 Å². The highest BCUT2D eigenvalue weighted by atomic mass is 35.5. The second-order valence-corrected chi connectivity index (χ2v) is 5.12. The summed E-state index contributed by atoms with van der Waals surface area (Å²) in [6.07, 6.45) is 3.18. The molecule has 0 fully saturated rings. The van der Waals surface area contributed by atoms with Crippen LogP contribution in [0.1, 0.15) is 34.3 Å². The van der Waals surface area contributed by atoms with Gasteiger partial charge in [-0.2, -0.15) is 0 Å². The standard InChI is InChI=1S/C14H14ClNO2/c15-8-12(17)11-6-9-2-1-3-13(18)16-5-4-10(7-11)14(9)16/h6-7H,1-5,8H2. The van der Waals surface area contributed by atoms with E-state index in [1.165, 1.54) is 0 Å². The maximum atomic E-state index is 12.0. The van der Waals surface area contributed by atoms with Gasteiger partial charge < -0.3 is 4.90 Å². The minimum atomic E-state index is -0.0373. The molecular formula is C14H14ClNO2. The number of alkyl halides is 1. The predicted molar refractivity (Wildman–Crippen MR) is 70.5 cm³/mol. The normalized spacial score (nSPS) is 17.6. The maximum absolute atomic E-state index is 12.0. The summed E-state index contributed by atoms with van der Waals surface area (Å²) in [5, 5.41) is 0. The van der Waals surface area contributed by atoms with Crippen LogP contribution in [0.2, 0.25) is 0 Å². The Hall–Kier alpha value is -1.35. The lowest BCUT2D eigenvalue weighted by Gasteiger charge is -2.17. The van der Waals surface area contributed by atoms with E-state index in [1.54, 1.807) is 0 Å². The highest BCUT2D eigenvalue weighted by molar-refractivity contribution is 6.30. The molecule has 0 spiro atoms. The van der Waals surface area contributed by atoms with Crippen molar-refractivity contribution >= 4 is 29.0 Å². The molecule has 0 saturated heterocycles. The van der Waals surface area contributed by atoms with Crippen LogP contribution >= 0.6 is 11.6 Å². The van der Waals surface area contributed by atoms with E-state index < -0.39 is 0 Å². The van der Waals surface area contributed by atoms with Crippen LogP contribution in [0, 0.1) is 0 Å². The van der Waals surface area contributed by atoms with Crippen LogP contribution in [-0.2, 0) is 17.6 Å². The summed E-state index contributed by atoms with van der Waals surface area (Å²) >= 11 is 5.62. The molecule has 94 valence electrons. The van der Waals surface area contributed by atoms with E-state index in [0.29, 0.717) is 12.0 Å². The zero-order valence-electron chi connectivity index (χ0n) is 10.0. The molecule has 2 aliphatic rings. The lowest BCUT2D eigenvalue weighted by atomic mass is 9.98. The molecule has 1 aromatic rings. The van der Waals surface area contributed by atoms with Gasteiger partial charge in [-0.15, -0.1) is 11.6 Å². The van der Waals surface area contributed by atoms with Gasteiger partial charge in [0.1, 0.15) is 0 Å². The van der Waals surface area contributed by atoms with Crippen molar-refractivity contribution in [1.29, 1.82) is 0 Å². The number of rotatable bonds is 2. The number of Topliss-reactive ketones (excluding diaryl/α,β-unsaturated/α-hetero) is 1. The zero-order chi connectivity index (χ0) is 12.7. The number of nitrogens with zero attached hydrogens (tertiary/aromatic N) is 1. The molecule has 0 bridgehead atoms. The number of anilines is 1. The fourth-order valence-electron chi connectivity index (χ4n) is 2.88. The summed E-state index contributed by atoms with van der Waals surface area (Å²) in [4.78, 5) is 25.6. The third kappa shape index (κ3) is 1.74. The zero-order valence-corrected chi connectivity index (χ0v) is 10.8. The van der Waals surface area contributed by atoms with Gasteiger partial charge in [-0.3, -0.25) is 9.59 Å². The Kier molecular flexibility index (Phi) is 2.86. The molecule has 0 aliphatic carbocycles. The van der Waals surface area contributed by atoms with Gasteiger partial charge in [-0.25, -0.2) is 0 Å². The van der Waals surface area contributed by atoms with Crippen LogP contribution < -0.4 is 4.90 Å². The topological polar surface area (TPSA) is 37.4 Å². The van der Waals surface area contributed by atoms with Crippen molar-refractivity contribution in [2.45, 2.75) is 25.7 Å². The van der Waals surface area contributed by atoms with E-state index >= 15 is 0 Å². The molecule has 0 atom stereocenters. The lowest BCUT2D eigenvalue weighted by molar-refractivity contribution is -0.118. The molecule has 2 heterocycles. The number of carbonyl (C=O) groups is 2. The number of halogens is 1. The number of hydrogen-bond acceptors (Lipinski definition) is 2. The number of benzene rings is 1. The van der Waals surface area contributed by atoms with Crippen LogP contribution in [0.25, 0.3) is 0 Å². The molecule has 1 amide bonds. The number of aryl methyl sites for hydroxylation is 1. The van der Waals surface area contributed by atoms with Crippen molar-refractivity contribution in [2.24, 2.45) is 0 Å². The van der Waals surface area contributed by atoms with Gasteiger partial charge in [-0.1, -0.05) is 0 Å². The summed E-state index contributed by atoms with van der Waals surface area (Å²) in [5.74, 6) is 0.189. The first-order valence-electron chi connectivity index (χ1n) is 6.26. The molecule has 4 heteroatoms. The van der Waals surface area contributed by atoms with E-state index in [9.17, 15) is 9.59 Å². The first-order valence-corrected chi connectivity index (χ1v) is 6.79. The van der Waals surface area contributed by atoms with Crippen LogP contribution in [-0.4, -0.2) is 24.1 Å². The van der Waals surface area contributed by atoms with Gasteiger partial charge in [0.15, 0.2) is 5.78 Å². The van der Waals surface area contributed by atoms with Gasteiger partial charge >= 0.3 is 0 Å². The van der Waals surface area contributed by atoms with Gasteiger partial charge in [-0.05, 0) is 42.5 Å². The van der Waals surface area contributed by atoms with Crippen molar-refractivity contribution in [1.82, 2.24) is 0 Å². The van der Waals surface area contributed by atoms with Gasteiger partial charge in [0.2, 0.25) is 5.91 Å². The Morgan fingerprint density at radius 2 is 1.94 bits per heavy atom. The van der Waals surface area contributed by atoms with Crippen LogP contribution in [0.4, 0.5) is 5.69 Å². The Balaban J connectivity index is 2.13. The molecule has 0 N–H and O–H groups in total. The molecule has 0 aromatic heterocycles. The van der Waals surface area contributed by atoms with Gasteiger partial charge in [0.25, 0.3) is 0 Å².